The molecule has 0 saturated carbocycles. The Kier molecular flexibility index (Phi) is 14.1. The van der Waals surface area contributed by atoms with Gasteiger partial charge in [-0.2, -0.15) is 0 Å². The van der Waals surface area contributed by atoms with Gasteiger partial charge in [0, 0.05) is 43.9 Å². The molecule has 0 aliphatic carbocycles. The zero-order valence-corrected chi connectivity index (χ0v) is 26.1. The molecule has 1 heterocycles. The van der Waals surface area contributed by atoms with Crippen LogP contribution < -0.4 is 16.4 Å². The fourth-order valence-corrected chi connectivity index (χ4v) is 5.09. The van der Waals surface area contributed by atoms with Crippen LogP contribution >= 0.6 is 0 Å². The molecule has 13 heteroatoms. The summed E-state index contributed by atoms with van der Waals surface area (Å²) in [5, 5.41) is 58.0. The first-order valence-corrected chi connectivity index (χ1v) is 14.4. The highest BCUT2D eigenvalue weighted by molar-refractivity contribution is 6.04. The van der Waals surface area contributed by atoms with Crippen LogP contribution in [0, 0.1) is 11.8 Å². The molecule has 0 spiro atoms. The summed E-state index contributed by atoms with van der Waals surface area (Å²) in [5.74, 6) is -1.85. The number of amides is 2. The van der Waals surface area contributed by atoms with Gasteiger partial charge in [-0.25, -0.2) is 4.79 Å². The van der Waals surface area contributed by atoms with Gasteiger partial charge in [-0.05, 0) is 38.2 Å². The molecule has 13 nitrogen and oxygen atoms in total. The number of nitrogens with one attached hydrogen (secondary N) is 2. The van der Waals surface area contributed by atoms with Gasteiger partial charge in [0.15, 0.2) is 6.10 Å². The summed E-state index contributed by atoms with van der Waals surface area (Å²) < 4.78 is 16.6. The molecule has 7 atom stereocenters. The Morgan fingerprint density at radius 1 is 1.20 bits per heavy atom. The molecule has 1 aromatic carbocycles. The van der Waals surface area contributed by atoms with Gasteiger partial charge in [0.25, 0.3) is 5.91 Å². The maximum Gasteiger partial charge on any atom is 0.405 e. The van der Waals surface area contributed by atoms with Crippen molar-refractivity contribution in [2.45, 2.75) is 71.1 Å². The average Bonchev–Trinajstić information content (AvgIpc) is 2.97. The van der Waals surface area contributed by atoms with Crippen LogP contribution in [0.1, 0.15) is 39.7 Å². The van der Waals surface area contributed by atoms with Crippen molar-refractivity contribution in [3.05, 3.63) is 47.1 Å². The van der Waals surface area contributed by atoms with E-state index < -0.39 is 55.0 Å². The highest BCUT2D eigenvalue weighted by Crippen LogP contribution is 2.42. The number of methoxy groups -OCH3 is 2. The number of hydrogen-bond acceptors (Lipinski definition) is 11. The number of anilines is 2. The molecular weight excluding hydrogens is 574 g/mol. The van der Waals surface area contributed by atoms with Crippen LogP contribution in [-0.2, 0) is 25.4 Å². The minimum absolute atomic E-state index is 0.0425. The minimum atomic E-state index is -1.12. The second kappa shape index (κ2) is 17.0. The molecule has 1 aromatic rings. The molecule has 2 rings (SSSR count). The standard InChI is InChI=1S/C31H47N3O10/c1-16-10-21-26(33-14-20(36)15-35)23(37)13-22(28(21)39)34-30(40)17(2)8-7-9-24(42-5)29(44-31(32)41)19(4)12-18(3)27(38)25(11-16)43-6/h7-9,12-13,16,18,20,24-25,27,29,33,35-39H,10-11,14-15H2,1-6H3,(H2,32,41)(H,34,40)/b9-7-,17-8-,19-12-/t16-,18+,20+,24+,25+,27-,29-/m1/s1. The number of aliphatic hydroxyl groups excluding tert-OH is 3. The first-order valence-electron chi connectivity index (χ1n) is 14.4. The molecule has 1 aliphatic rings. The monoisotopic (exact) mass is 621 g/mol. The third-order valence-electron chi connectivity index (χ3n) is 7.56. The number of carbonyl (C=O) groups is 2. The van der Waals surface area contributed by atoms with Crippen molar-refractivity contribution in [1.29, 1.82) is 0 Å². The summed E-state index contributed by atoms with van der Waals surface area (Å²) in [5.41, 5.74) is 6.52. The van der Waals surface area contributed by atoms with Gasteiger partial charge >= 0.3 is 6.09 Å². The number of fused-ring (bicyclic) bond motifs is 2. The van der Waals surface area contributed by atoms with Crippen molar-refractivity contribution in [2.75, 3.05) is 38.0 Å². The van der Waals surface area contributed by atoms with Gasteiger partial charge in [0.05, 0.1) is 36.3 Å². The largest absolute Gasteiger partial charge is 0.506 e. The van der Waals surface area contributed by atoms with Gasteiger partial charge in [-0.15, -0.1) is 0 Å². The molecule has 2 amide bonds. The van der Waals surface area contributed by atoms with E-state index in [0.717, 1.165) is 0 Å². The van der Waals surface area contributed by atoms with Crippen molar-refractivity contribution < 1.29 is 49.3 Å². The van der Waals surface area contributed by atoms with E-state index in [1.807, 2.05) is 6.92 Å². The van der Waals surface area contributed by atoms with E-state index in [1.165, 1.54) is 26.4 Å². The van der Waals surface area contributed by atoms with Crippen molar-refractivity contribution >= 4 is 23.4 Å². The molecule has 0 unspecified atom stereocenters. The second-order valence-electron chi connectivity index (χ2n) is 11.2. The Morgan fingerprint density at radius 3 is 2.48 bits per heavy atom. The van der Waals surface area contributed by atoms with Gasteiger partial charge in [-0.1, -0.05) is 38.2 Å². The molecule has 246 valence electrons. The molecule has 44 heavy (non-hydrogen) atoms. The quantitative estimate of drug-likeness (QED) is 0.126. The van der Waals surface area contributed by atoms with Crippen LogP contribution in [0.25, 0.3) is 0 Å². The number of benzene rings is 1. The highest BCUT2D eigenvalue weighted by Gasteiger charge is 2.30. The Balaban J connectivity index is 2.66. The number of aliphatic hydroxyl groups is 3. The Morgan fingerprint density at radius 2 is 1.89 bits per heavy atom. The van der Waals surface area contributed by atoms with Crippen molar-refractivity contribution in [3.8, 4) is 11.5 Å². The predicted octanol–water partition coefficient (Wildman–Crippen LogP) is 2.32. The fourth-order valence-electron chi connectivity index (χ4n) is 5.09. The van der Waals surface area contributed by atoms with Crippen molar-refractivity contribution in [3.63, 3.8) is 0 Å². The SMILES string of the molecule is CO[C@H]1/C=C\C=C(\C)C(=O)Nc2cc(O)c(NC[C@H](O)CO)c(c2O)C[C@@H](C)C[C@H](OC)[C@H](O)[C@@H](C)/C=C(/C)[C@H]1OC(N)=O. The number of aromatic hydroxyl groups is 2. The number of hydrogen-bond donors (Lipinski definition) is 8. The fraction of sp³-hybridized carbons (Fsp3) is 0.548. The zero-order valence-electron chi connectivity index (χ0n) is 26.1. The maximum absolute atomic E-state index is 13.0. The molecule has 0 saturated heterocycles. The molecular formula is C31H47N3O10. The highest BCUT2D eigenvalue weighted by atomic mass is 16.6. The minimum Gasteiger partial charge on any atom is -0.506 e. The van der Waals surface area contributed by atoms with Crippen LogP contribution in [-0.4, -0.2) is 95.4 Å². The van der Waals surface area contributed by atoms with Crippen LogP contribution in [0.3, 0.4) is 0 Å². The summed E-state index contributed by atoms with van der Waals surface area (Å²) in [6.07, 6.45) is 1.40. The van der Waals surface area contributed by atoms with E-state index in [9.17, 15) is 35.1 Å². The number of rotatable bonds is 7. The number of ether oxygens (including phenoxy) is 3. The first kappa shape index (κ1) is 36.6. The zero-order chi connectivity index (χ0) is 33.1. The number of allylic oxidation sites excluding steroid dienone is 2. The summed E-state index contributed by atoms with van der Waals surface area (Å²) in [6, 6.07) is 1.19. The van der Waals surface area contributed by atoms with Gasteiger partial charge in [-0.3, -0.25) is 4.79 Å². The lowest BCUT2D eigenvalue weighted by molar-refractivity contribution is -0.112. The van der Waals surface area contributed by atoms with Crippen LogP contribution in [0.2, 0.25) is 0 Å². The predicted molar refractivity (Wildman–Crippen MR) is 165 cm³/mol. The lowest BCUT2D eigenvalue weighted by atomic mass is 9.87. The first-order chi connectivity index (χ1) is 20.7. The van der Waals surface area contributed by atoms with Gasteiger partial charge in [0.2, 0.25) is 0 Å². The Labute approximate surface area is 258 Å². The molecule has 0 radical (unpaired) electrons. The van der Waals surface area contributed by atoms with E-state index in [4.69, 9.17) is 19.9 Å². The van der Waals surface area contributed by atoms with E-state index >= 15 is 0 Å². The normalized spacial score (nSPS) is 29.3. The molecule has 1 aliphatic heterocycles. The topological polar surface area (TPSA) is 213 Å². The van der Waals surface area contributed by atoms with E-state index in [0.29, 0.717) is 12.0 Å². The lowest BCUT2D eigenvalue weighted by Crippen LogP contribution is -2.37. The van der Waals surface area contributed by atoms with Crippen molar-refractivity contribution in [1.82, 2.24) is 0 Å². The Bertz CT molecular complexity index is 1230. The summed E-state index contributed by atoms with van der Waals surface area (Å²) in [6.45, 7) is 6.31. The van der Waals surface area contributed by atoms with Crippen LogP contribution in [0.4, 0.5) is 16.2 Å². The van der Waals surface area contributed by atoms with Crippen LogP contribution in [0.5, 0.6) is 11.5 Å². The summed E-state index contributed by atoms with van der Waals surface area (Å²) in [7, 11) is 2.90. The second-order valence-corrected chi connectivity index (χ2v) is 11.2. The average molecular weight is 622 g/mol. The van der Waals surface area contributed by atoms with Gasteiger partial charge in [0.1, 0.15) is 17.6 Å². The summed E-state index contributed by atoms with van der Waals surface area (Å²) in [4.78, 5) is 24.8. The number of phenolic OH excluding ortho intramolecular Hbond substituents is 2. The van der Waals surface area contributed by atoms with E-state index in [1.54, 1.807) is 39.0 Å². The molecule has 9 N–H and O–H groups in total. The number of phenols is 2. The lowest BCUT2D eigenvalue weighted by Gasteiger charge is -2.29. The maximum atomic E-state index is 13.0. The third-order valence-corrected chi connectivity index (χ3v) is 7.56. The van der Waals surface area contributed by atoms with Gasteiger partial charge < -0.3 is 56.1 Å². The smallest absolute Gasteiger partial charge is 0.405 e. The molecule has 0 aromatic heterocycles. The number of primary amides is 1. The van der Waals surface area contributed by atoms with E-state index in [2.05, 4.69) is 10.6 Å². The van der Waals surface area contributed by atoms with Crippen molar-refractivity contribution in [2.24, 2.45) is 17.6 Å². The molecule has 0 fully saturated rings. The number of nitrogens with two attached hydrogens (primary N) is 1. The number of carbonyl (C=O) groups excluding carboxylic acids is 2. The van der Waals surface area contributed by atoms with E-state index in [-0.39, 0.29) is 52.9 Å². The third kappa shape index (κ3) is 9.96. The molecule has 2 bridgehead atoms. The van der Waals surface area contributed by atoms with Crippen LogP contribution in [0.15, 0.2) is 41.5 Å². The Hall–Kier alpha value is -3.62. The summed E-state index contributed by atoms with van der Waals surface area (Å²) >= 11 is 0.